The molecule has 2 rings (SSSR count). The summed E-state index contributed by atoms with van der Waals surface area (Å²) in [4.78, 5) is 26.0. The lowest BCUT2D eigenvalue weighted by molar-refractivity contribution is -0.149. The molecule has 1 amide bonds. The van der Waals surface area contributed by atoms with Gasteiger partial charge in [0, 0.05) is 17.3 Å². The normalized spacial score (nSPS) is 11.9. The number of nitrogens with one attached hydrogen (secondary N) is 1. The molecule has 158 valence electrons. The lowest BCUT2D eigenvalue weighted by atomic mass is 10.2. The molecule has 1 atom stereocenters. The molecule has 0 saturated heterocycles. The van der Waals surface area contributed by atoms with Crippen molar-refractivity contribution in [3.05, 3.63) is 59.6 Å². The van der Waals surface area contributed by atoms with E-state index in [1.807, 2.05) is 6.07 Å². The summed E-state index contributed by atoms with van der Waals surface area (Å²) in [6, 6.07) is 14.8. The molecule has 1 N–H and O–H groups in total. The van der Waals surface area contributed by atoms with Gasteiger partial charge in [0.15, 0.2) is 6.61 Å². The fourth-order valence-electron chi connectivity index (χ4n) is 2.49. The van der Waals surface area contributed by atoms with Crippen LogP contribution in [0.2, 0.25) is 5.02 Å². The van der Waals surface area contributed by atoms with Crippen LogP contribution in [0.3, 0.4) is 0 Å². The number of ether oxygens (including phenoxy) is 1. The van der Waals surface area contributed by atoms with Gasteiger partial charge in [0.25, 0.3) is 5.91 Å². The van der Waals surface area contributed by atoms with Gasteiger partial charge in [0.1, 0.15) is 6.04 Å². The van der Waals surface area contributed by atoms with Crippen LogP contribution in [0.5, 0.6) is 0 Å². The van der Waals surface area contributed by atoms with Crippen LogP contribution in [0.1, 0.15) is 13.3 Å². The molecule has 1 unspecified atom stereocenters. The van der Waals surface area contributed by atoms with Crippen molar-refractivity contribution in [3.8, 4) is 6.07 Å². The molecule has 2 aromatic rings. The third kappa shape index (κ3) is 6.56. The average molecular weight is 450 g/mol. The van der Waals surface area contributed by atoms with E-state index in [4.69, 9.17) is 21.6 Å². The van der Waals surface area contributed by atoms with Gasteiger partial charge in [-0.3, -0.25) is 9.59 Å². The number of carbonyl (C=O) groups excluding carboxylic acids is 2. The van der Waals surface area contributed by atoms with Crippen molar-refractivity contribution < 1.29 is 22.7 Å². The van der Waals surface area contributed by atoms with Gasteiger partial charge in [-0.1, -0.05) is 35.9 Å². The fraction of sp³-hybridized carbons (Fsp3) is 0.250. The van der Waals surface area contributed by atoms with Crippen molar-refractivity contribution in [2.45, 2.75) is 24.3 Å². The number of hydrogen-bond acceptors (Lipinski definition) is 6. The van der Waals surface area contributed by atoms with Gasteiger partial charge in [0.2, 0.25) is 10.0 Å². The van der Waals surface area contributed by atoms with E-state index in [9.17, 15) is 18.0 Å². The SMILES string of the molecule is CC(NS(=O)(=O)c1ccccc1)C(=O)OCC(=O)N(CCC#N)c1cccc(Cl)c1. The molecule has 0 saturated carbocycles. The number of sulfonamides is 1. The molecular weight excluding hydrogens is 430 g/mol. The Bertz CT molecular complexity index is 1040. The summed E-state index contributed by atoms with van der Waals surface area (Å²) in [5.74, 6) is -1.48. The number of benzene rings is 2. The van der Waals surface area contributed by atoms with Gasteiger partial charge < -0.3 is 9.64 Å². The molecule has 8 nitrogen and oxygen atoms in total. The van der Waals surface area contributed by atoms with Crippen molar-refractivity contribution in [3.63, 3.8) is 0 Å². The molecule has 0 aliphatic heterocycles. The van der Waals surface area contributed by atoms with E-state index in [1.54, 1.807) is 42.5 Å². The van der Waals surface area contributed by atoms with Crippen molar-refractivity contribution in [1.82, 2.24) is 4.72 Å². The molecule has 10 heteroatoms. The van der Waals surface area contributed by atoms with Crippen LogP contribution in [-0.4, -0.2) is 39.5 Å². The van der Waals surface area contributed by atoms with Gasteiger partial charge in [-0.25, -0.2) is 8.42 Å². The molecule has 0 heterocycles. The number of nitrogens with zero attached hydrogens (tertiary/aromatic N) is 2. The number of amides is 1. The highest BCUT2D eigenvalue weighted by Gasteiger charge is 2.25. The number of esters is 1. The van der Waals surface area contributed by atoms with Crippen LogP contribution in [0.4, 0.5) is 5.69 Å². The maximum absolute atomic E-state index is 12.6. The Balaban J connectivity index is 2.00. The van der Waals surface area contributed by atoms with Gasteiger partial charge in [-0.2, -0.15) is 9.98 Å². The molecule has 0 aliphatic carbocycles. The fourth-order valence-corrected chi connectivity index (χ4v) is 3.89. The molecule has 30 heavy (non-hydrogen) atoms. The van der Waals surface area contributed by atoms with E-state index in [0.717, 1.165) is 0 Å². The Hall–Kier alpha value is -2.93. The van der Waals surface area contributed by atoms with Crippen molar-refractivity contribution >= 4 is 39.2 Å². The van der Waals surface area contributed by atoms with Crippen molar-refractivity contribution in [2.24, 2.45) is 0 Å². The van der Waals surface area contributed by atoms with E-state index >= 15 is 0 Å². The maximum atomic E-state index is 12.6. The van der Waals surface area contributed by atoms with Gasteiger partial charge in [0.05, 0.1) is 17.4 Å². The Morgan fingerprint density at radius 1 is 1.20 bits per heavy atom. The first-order chi connectivity index (χ1) is 14.2. The molecule has 2 aromatic carbocycles. The zero-order chi connectivity index (χ0) is 22.1. The Morgan fingerprint density at radius 2 is 1.90 bits per heavy atom. The minimum Gasteiger partial charge on any atom is -0.454 e. The standard InChI is InChI=1S/C20H20ClN3O5S/c1-15(23-30(27,28)18-9-3-2-4-10-18)20(26)29-14-19(25)24(12-6-11-22)17-8-5-7-16(21)13-17/h2-5,7-10,13,15,23H,6,12,14H2,1H3. The summed E-state index contributed by atoms with van der Waals surface area (Å²) in [7, 11) is -3.92. The Labute approximate surface area is 180 Å². The summed E-state index contributed by atoms with van der Waals surface area (Å²) in [6.45, 7) is 0.787. The first kappa shape index (κ1) is 23.3. The maximum Gasteiger partial charge on any atom is 0.324 e. The molecule has 0 bridgehead atoms. The predicted molar refractivity (Wildman–Crippen MR) is 111 cm³/mol. The summed E-state index contributed by atoms with van der Waals surface area (Å²) in [5.41, 5.74) is 0.455. The Kier molecular flexibility index (Phi) is 8.35. The minimum atomic E-state index is -3.92. The van der Waals surface area contributed by atoms with Crippen LogP contribution >= 0.6 is 11.6 Å². The summed E-state index contributed by atoms with van der Waals surface area (Å²) in [5, 5.41) is 9.23. The zero-order valence-corrected chi connectivity index (χ0v) is 17.7. The van der Waals surface area contributed by atoms with Crippen LogP contribution in [-0.2, 0) is 24.3 Å². The first-order valence-corrected chi connectivity index (χ1v) is 10.8. The van der Waals surface area contributed by atoms with E-state index in [-0.39, 0.29) is 17.9 Å². The van der Waals surface area contributed by atoms with Gasteiger partial charge in [-0.05, 0) is 37.3 Å². The molecule has 0 spiro atoms. The topological polar surface area (TPSA) is 117 Å². The molecule has 0 aliphatic rings. The summed E-state index contributed by atoms with van der Waals surface area (Å²) < 4.78 is 31.8. The van der Waals surface area contributed by atoms with Crippen molar-refractivity contribution in [1.29, 1.82) is 5.26 Å². The minimum absolute atomic E-state index is 0.00404. The molecule has 0 radical (unpaired) electrons. The third-order valence-electron chi connectivity index (χ3n) is 3.95. The van der Waals surface area contributed by atoms with Crippen LogP contribution < -0.4 is 9.62 Å². The van der Waals surface area contributed by atoms with E-state index < -0.39 is 34.5 Å². The predicted octanol–water partition coefficient (Wildman–Crippen LogP) is 2.50. The number of nitriles is 1. The van der Waals surface area contributed by atoms with Crippen LogP contribution in [0.25, 0.3) is 0 Å². The number of hydrogen-bond donors (Lipinski definition) is 1. The largest absolute Gasteiger partial charge is 0.454 e. The second-order valence-electron chi connectivity index (χ2n) is 6.20. The van der Waals surface area contributed by atoms with Crippen LogP contribution in [0.15, 0.2) is 59.5 Å². The zero-order valence-electron chi connectivity index (χ0n) is 16.1. The van der Waals surface area contributed by atoms with Gasteiger partial charge in [-0.15, -0.1) is 0 Å². The highest BCUT2D eigenvalue weighted by molar-refractivity contribution is 7.89. The molecular formula is C20H20ClN3O5S. The smallest absolute Gasteiger partial charge is 0.324 e. The number of anilines is 1. The number of rotatable bonds is 9. The third-order valence-corrected chi connectivity index (χ3v) is 5.74. The Morgan fingerprint density at radius 3 is 2.53 bits per heavy atom. The average Bonchev–Trinajstić information content (AvgIpc) is 2.72. The quantitative estimate of drug-likeness (QED) is 0.588. The molecule has 0 aromatic heterocycles. The van der Waals surface area contributed by atoms with Gasteiger partial charge >= 0.3 is 5.97 Å². The molecule has 0 fully saturated rings. The highest BCUT2D eigenvalue weighted by Crippen LogP contribution is 2.20. The lowest BCUT2D eigenvalue weighted by Crippen LogP contribution is -2.41. The van der Waals surface area contributed by atoms with E-state index in [1.165, 1.54) is 24.0 Å². The second kappa shape index (κ2) is 10.7. The number of carbonyl (C=O) groups is 2. The first-order valence-electron chi connectivity index (χ1n) is 8.91. The second-order valence-corrected chi connectivity index (χ2v) is 8.35. The monoisotopic (exact) mass is 449 g/mol. The summed E-state index contributed by atoms with van der Waals surface area (Å²) >= 11 is 5.96. The van der Waals surface area contributed by atoms with E-state index in [0.29, 0.717) is 10.7 Å². The van der Waals surface area contributed by atoms with E-state index in [2.05, 4.69) is 4.72 Å². The highest BCUT2D eigenvalue weighted by atomic mass is 35.5. The number of halogens is 1. The summed E-state index contributed by atoms with van der Waals surface area (Å²) in [6.07, 6.45) is 0.0689. The van der Waals surface area contributed by atoms with Crippen molar-refractivity contribution in [2.75, 3.05) is 18.1 Å². The lowest BCUT2D eigenvalue weighted by Gasteiger charge is -2.22. The van der Waals surface area contributed by atoms with Crippen LogP contribution in [0, 0.1) is 11.3 Å².